The number of benzene rings is 2. The van der Waals surface area contributed by atoms with Crippen LogP contribution in [0.15, 0.2) is 53.5 Å². The van der Waals surface area contributed by atoms with Crippen molar-refractivity contribution in [3.05, 3.63) is 59.7 Å². The highest BCUT2D eigenvalue weighted by Gasteiger charge is 2.28. The highest BCUT2D eigenvalue weighted by Crippen LogP contribution is 2.31. The third-order valence-electron chi connectivity index (χ3n) is 4.69. The molecule has 1 aliphatic heterocycles. The fourth-order valence-electron chi connectivity index (χ4n) is 3.31. The van der Waals surface area contributed by atoms with Crippen LogP contribution in [0.4, 0.5) is 18.9 Å². The van der Waals surface area contributed by atoms with E-state index < -0.39 is 12.8 Å². The van der Waals surface area contributed by atoms with Crippen LogP contribution in [0.25, 0.3) is 0 Å². The molecule has 3 rings (SSSR count). The minimum absolute atomic E-state index is 0.00732. The van der Waals surface area contributed by atoms with Gasteiger partial charge in [-0.3, -0.25) is 4.79 Å². The third-order valence-corrected chi connectivity index (χ3v) is 4.69. The molecule has 166 valence electrons. The first-order valence-corrected chi connectivity index (χ1v) is 10.0. The average Bonchev–Trinajstić information content (AvgIpc) is 2.73. The normalized spacial score (nSPS) is 16.3. The molecule has 1 unspecified atom stereocenters. The van der Waals surface area contributed by atoms with E-state index in [1.54, 1.807) is 18.2 Å². The largest absolute Gasteiger partial charge is 0.484 e. The first-order valence-electron chi connectivity index (χ1n) is 10.0. The van der Waals surface area contributed by atoms with Gasteiger partial charge in [-0.25, -0.2) is 4.99 Å². The topological polar surface area (TPSA) is 74.8 Å². The number of fused-ring (bicyclic) bond motifs is 1. The number of carbonyl (C=O) groups is 1. The second-order valence-electron chi connectivity index (χ2n) is 7.16. The Kier molecular flexibility index (Phi) is 7.38. The molecule has 1 amide bonds. The van der Waals surface area contributed by atoms with E-state index in [0.717, 1.165) is 16.8 Å². The van der Waals surface area contributed by atoms with Crippen molar-refractivity contribution in [3.63, 3.8) is 0 Å². The summed E-state index contributed by atoms with van der Waals surface area (Å²) in [5, 5.41) is 9.29. The van der Waals surface area contributed by atoms with Gasteiger partial charge in [0.1, 0.15) is 5.75 Å². The van der Waals surface area contributed by atoms with Crippen LogP contribution in [0.3, 0.4) is 0 Å². The molecular formula is C22H25F3N4O2. The van der Waals surface area contributed by atoms with Crippen molar-refractivity contribution in [2.24, 2.45) is 4.99 Å². The quantitative estimate of drug-likeness (QED) is 0.458. The molecule has 1 aliphatic rings. The number of anilines is 1. The lowest BCUT2D eigenvalue weighted by atomic mass is 9.90. The molecule has 2 aromatic rings. The number of hydrogen-bond donors (Lipinski definition) is 3. The van der Waals surface area contributed by atoms with E-state index in [-0.39, 0.29) is 24.1 Å². The van der Waals surface area contributed by atoms with E-state index in [2.05, 4.69) is 20.9 Å². The van der Waals surface area contributed by atoms with Gasteiger partial charge < -0.3 is 20.7 Å². The third kappa shape index (κ3) is 6.91. The predicted molar refractivity (Wildman–Crippen MR) is 113 cm³/mol. The Balaban J connectivity index is 1.63. The van der Waals surface area contributed by atoms with Crippen molar-refractivity contribution >= 4 is 17.6 Å². The summed E-state index contributed by atoms with van der Waals surface area (Å²) in [5.74, 6) is 0.691. The van der Waals surface area contributed by atoms with E-state index in [1.807, 2.05) is 31.2 Å². The van der Waals surface area contributed by atoms with Crippen LogP contribution >= 0.6 is 0 Å². The Morgan fingerprint density at radius 1 is 1.19 bits per heavy atom. The molecule has 0 radical (unpaired) electrons. The summed E-state index contributed by atoms with van der Waals surface area (Å²) >= 11 is 0. The van der Waals surface area contributed by atoms with Crippen LogP contribution in [0.1, 0.15) is 30.4 Å². The number of nitrogens with one attached hydrogen (secondary N) is 3. The van der Waals surface area contributed by atoms with Crippen LogP contribution in [0.2, 0.25) is 0 Å². The first-order chi connectivity index (χ1) is 14.8. The second kappa shape index (κ2) is 10.2. The summed E-state index contributed by atoms with van der Waals surface area (Å²) in [7, 11) is 0. The Morgan fingerprint density at radius 3 is 2.77 bits per heavy atom. The number of halogens is 3. The average molecular weight is 434 g/mol. The van der Waals surface area contributed by atoms with Crippen LogP contribution in [0, 0.1) is 0 Å². The lowest BCUT2D eigenvalue weighted by molar-refractivity contribution is -0.153. The van der Waals surface area contributed by atoms with Gasteiger partial charge in [0, 0.05) is 31.1 Å². The molecule has 0 aromatic heterocycles. The van der Waals surface area contributed by atoms with Crippen molar-refractivity contribution in [3.8, 4) is 5.75 Å². The van der Waals surface area contributed by atoms with E-state index in [4.69, 9.17) is 4.74 Å². The molecule has 9 heteroatoms. The van der Waals surface area contributed by atoms with E-state index in [1.165, 1.54) is 6.07 Å². The Morgan fingerprint density at radius 2 is 2.00 bits per heavy atom. The van der Waals surface area contributed by atoms with Crippen molar-refractivity contribution in [1.29, 1.82) is 0 Å². The van der Waals surface area contributed by atoms with Crippen molar-refractivity contribution < 1.29 is 22.7 Å². The molecule has 0 bridgehead atoms. The van der Waals surface area contributed by atoms with Gasteiger partial charge in [0.2, 0.25) is 5.91 Å². The van der Waals surface area contributed by atoms with Gasteiger partial charge in [-0.15, -0.1) is 0 Å². The monoisotopic (exact) mass is 434 g/mol. The van der Waals surface area contributed by atoms with Gasteiger partial charge in [0.05, 0.1) is 6.54 Å². The van der Waals surface area contributed by atoms with Gasteiger partial charge >= 0.3 is 6.18 Å². The molecule has 0 fully saturated rings. The molecule has 0 saturated heterocycles. The van der Waals surface area contributed by atoms with E-state index in [9.17, 15) is 18.0 Å². The number of aliphatic imine (C=N–C) groups is 1. The summed E-state index contributed by atoms with van der Waals surface area (Å²) in [6, 6.07) is 14.1. The number of alkyl halides is 3. The van der Waals surface area contributed by atoms with Crippen LogP contribution < -0.4 is 20.7 Å². The summed E-state index contributed by atoms with van der Waals surface area (Å²) in [4.78, 5) is 16.5. The minimum atomic E-state index is -4.38. The lowest BCUT2D eigenvalue weighted by Gasteiger charge is -2.26. The fraction of sp³-hybridized carbons (Fsp3) is 0.364. The number of nitrogens with zero attached hydrogens (tertiary/aromatic N) is 1. The zero-order chi connectivity index (χ0) is 22.3. The smallest absolute Gasteiger partial charge is 0.422 e. The number of hydrogen-bond acceptors (Lipinski definition) is 3. The first kappa shape index (κ1) is 22.5. The molecule has 0 aliphatic carbocycles. The number of guanidine groups is 1. The molecule has 3 N–H and O–H groups in total. The van der Waals surface area contributed by atoms with Crippen molar-refractivity contribution in [2.75, 3.05) is 25.0 Å². The van der Waals surface area contributed by atoms with Crippen molar-refractivity contribution in [2.45, 2.75) is 32.0 Å². The predicted octanol–water partition coefficient (Wildman–Crippen LogP) is 3.81. The second-order valence-corrected chi connectivity index (χ2v) is 7.16. The Labute approximate surface area is 178 Å². The van der Waals surface area contributed by atoms with Gasteiger partial charge in [-0.2, -0.15) is 13.2 Å². The maximum absolute atomic E-state index is 12.3. The summed E-state index contributed by atoms with van der Waals surface area (Å²) in [6.07, 6.45) is -4.01. The summed E-state index contributed by atoms with van der Waals surface area (Å²) in [5.41, 5.74) is 2.61. The van der Waals surface area contributed by atoms with Crippen LogP contribution in [-0.4, -0.2) is 37.7 Å². The lowest BCUT2D eigenvalue weighted by Crippen LogP contribution is -2.40. The molecule has 2 aromatic carbocycles. The minimum Gasteiger partial charge on any atom is -0.484 e. The number of carbonyl (C=O) groups excluding carboxylic acids is 1. The van der Waals surface area contributed by atoms with E-state index >= 15 is 0 Å². The molecule has 1 heterocycles. The molecule has 6 nitrogen and oxygen atoms in total. The number of ether oxygens (including phenoxy) is 1. The molecule has 31 heavy (non-hydrogen) atoms. The number of rotatable bonds is 7. The van der Waals surface area contributed by atoms with Crippen LogP contribution in [-0.2, 0) is 11.3 Å². The Bertz CT molecular complexity index is 931. The van der Waals surface area contributed by atoms with Crippen molar-refractivity contribution in [1.82, 2.24) is 10.6 Å². The highest BCUT2D eigenvalue weighted by atomic mass is 19.4. The van der Waals surface area contributed by atoms with Gasteiger partial charge in [0.15, 0.2) is 12.6 Å². The summed E-state index contributed by atoms with van der Waals surface area (Å²) in [6.45, 7) is 2.03. The summed E-state index contributed by atoms with van der Waals surface area (Å²) < 4.78 is 41.8. The maximum Gasteiger partial charge on any atom is 0.422 e. The van der Waals surface area contributed by atoms with E-state index in [0.29, 0.717) is 25.5 Å². The maximum atomic E-state index is 12.3. The van der Waals surface area contributed by atoms with Gasteiger partial charge in [-0.1, -0.05) is 30.3 Å². The number of para-hydroxylation sites is 1. The fourth-order valence-corrected chi connectivity index (χ4v) is 3.31. The molecule has 0 spiro atoms. The highest BCUT2D eigenvalue weighted by molar-refractivity contribution is 5.94. The van der Waals surface area contributed by atoms with Crippen LogP contribution in [0.5, 0.6) is 5.75 Å². The molecular weight excluding hydrogens is 409 g/mol. The number of amides is 1. The Hall–Kier alpha value is -3.23. The van der Waals surface area contributed by atoms with Gasteiger partial charge in [0.25, 0.3) is 0 Å². The molecule has 1 atom stereocenters. The SMILES string of the molecule is CCNC(=NCc1cccc(OCC(F)(F)F)c1)NCC1CC(=O)Nc2ccccc21. The van der Waals surface area contributed by atoms with Gasteiger partial charge in [-0.05, 0) is 36.2 Å². The zero-order valence-corrected chi connectivity index (χ0v) is 17.1. The standard InChI is InChI=1S/C22H25F3N4O2/c1-2-26-21(27-12-15-6-5-7-17(10-15)31-14-22(23,24)25)28-13-16-11-20(30)29-19-9-4-3-8-18(16)19/h3-10,16H,2,11-14H2,1H3,(H,29,30)(H2,26,27,28). The zero-order valence-electron chi connectivity index (χ0n) is 17.1. The molecule has 0 saturated carbocycles.